The van der Waals surface area contributed by atoms with Crippen LogP contribution in [-0.4, -0.2) is 13.2 Å². The third-order valence-corrected chi connectivity index (χ3v) is 3.21. The number of hydrogen-bond donors (Lipinski definition) is 1. The molecule has 3 nitrogen and oxygen atoms in total. The SMILES string of the molecule is COc1ccccc1C(Oc1ccc(C)cc1)C(C)N. The molecule has 0 radical (unpaired) electrons. The summed E-state index contributed by atoms with van der Waals surface area (Å²) in [4.78, 5) is 0. The number of nitrogens with two attached hydrogens (primary N) is 1. The number of para-hydroxylation sites is 1. The minimum absolute atomic E-state index is 0.146. The van der Waals surface area contributed by atoms with Crippen molar-refractivity contribution in [2.75, 3.05) is 7.11 Å². The van der Waals surface area contributed by atoms with Gasteiger partial charge in [-0.15, -0.1) is 0 Å². The van der Waals surface area contributed by atoms with Crippen molar-refractivity contribution in [2.45, 2.75) is 26.0 Å². The number of benzene rings is 2. The zero-order valence-corrected chi connectivity index (χ0v) is 12.2. The fourth-order valence-electron chi connectivity index (χ4n) is 2.12. The van der Waals surface area contributed by atoms with Crippen LogP contribution in [0.2, 0.25) is 0 Å². The minimum Gasteiger partial charge on any atom is -0.496 e. The topological polar surface area (TPSA) is 44.5 Å². The van der Waals surface area contributed by atoms with Crippen molar-refractivity contribution in [3.05, 3.63) is 59.7 Å². The highest BCUT2D eigenvalue weighted by Gasteiger charge is 2.21. The molecule has 0 amide bonds. The largest absolute Gasteiger partial charge is 0.496 e. The van der Waals surface area contributed by atoms with E-state index in [1.54, 1.807) is 7.11 Å². The molecule has 2 unspecified atom stereocenters. The van der Waals surface area contributed by atoms with E-state index in [9.17, 15) is 0 Å². The number of rotatable bonds is 5. The summed E-state index contributed by atoms with van der Waals surface area (Å²) in [6, 6.07) is 15.6. The molecule has 0 heterocycles. The second kappa shape index (κ2) is 6.44. The fraction of sp³-hybridized carbons (Fsp3) is 0.294. The van der Waals surface area contributed by atoms with Crippen LogP contribution < -0.4 is 15.2 Å². The molecule has 0 aliphatic carbocycles. The molecule has 0 saturated carbocycles. The van der Waals surface area contributed by atoms with E-state index in [4.69, 9.17) is 15.2 Å². The van der Waals surface area contributed by atoms with Crippen LogP contribution >= 0.6 is 0 Å². The zero-order chi connectivity index (χ0) is 14.5. The van der Waals surface area contributed by atoms with E-state index in [1.807, 2.05) is 62.4 Å². The highest BCUT2D eigenvalue weighted by atomic mass is 16.5. The van der Waals surface area contributed by atoms with E-state index in [0.29, 0.717) is 0 Å². The summed E-state index contributed by atoms with van der Waals surface area (Å²) in [5, 5.41) is 0. The Bertz CT molecular complexity index is 549. The second-order valence-electron chi connectivity index (χ2n) is 4.95. The van der Waals surface area contributed by atoms with Crippen LogP contribution in [0.15, 0.2) is 48.5 Å². The van der Waals surface area contributed by atoms with Gasteiger partial charge >= 0.3 is 0 Å². The lowest BCUT2D eigenvalue weighted by atomic mass is 10.0. The van der Waals surface area contributed by atoms with Gasteiger partial charge in [0.2, 0.25) is 0 Å². The van der Waals surface area contributed by atoms with Crippen molar-refractivity contribution in [1.29, 1.82) is 0 Å². The lowest BCUT2D eigenvalue weighted by Crippen LogP contribution is -2.29. The Labute approximate surface area is 120 Å². The molecule has 2 atom stereocenters. The van der Waals surface area contributed by atoms with E-state index in [1.165, 1.54) is 5.56 Å². The maximum absolute atomic E-state index is 6.09. The lowest BCUT2D eigenvalue weighted by Gasteiger charge is -2.24. The molecule has 0 bridgehead atoms. The lowest BCUT2D eigenvalue weighted by molar-refractivity contribution is 0.176. The van der Waals surface area contributed by atoms with Gasteiger partial charge in [0.05, 0.1) is 7.11 Å². The van der Waals surface area contributed by atoms with Gasteiger partial charge in [0.25, 0.3) is 0 Å². The minimum atomic E-state index is -0.242. The van der Waals surface area contributed by atoms with E-state index in [-0.39, 0.29) is 12.1 Å². The van der Waals surface area contributed by atoms with Crippen LogP contribution in [0.25, 0.3) is 0 Å². The van der Waals surface area contributed by atoms with Crippen molar-refractivity contribution >= 4 is 0 Å². The molecule has 0 aliphatic heterocycles. The molecule has 2 aromatic carbocycles. The first kappa shape index (κ1) is 14.4. The second-order valence-corrected chi connectivity index (χ2v) is 4.95. The van der Waals surface area contributed by atoms with E-state index < -0.39 is 0 Å². The fourth-order valence-corrected chi connectivity index (χ4v) is 2.12. The molecule has 3 heteroatoms. The number of ether oxygens (including phenoxy) is 2. The van der Waals surface area contributed by atoms with Crippen molar-refractivity contribution in [3.63, 3.8) is 0 Å². The Hall–Kier alpha value is -2.00. The first-order valence-corrected chi connectivity index (χ1v) is 6.73. The third kappa shape index (κ3) is 3.31. The monoisotopic (exact) mass is 271 g/mol. The predicted molar refractivity (Wildman–Crippen MR) is 81.2 cm³/mol. The van der Waals surface area contributed by atoms with Gasteiger partial charge in [0.1, 0.15) is 17.6 Å². The molecule has 2 aromatic rings. The Kier molecular flexibility index (Phi) is 4.64. The van der Waals surface area contributed by atoms with Crippen molar-refractivity contribution in [2.24, 2.45) is 5.73 Å². The van der Waals surface area contributed by atoms with Gasteiger partial charge in [-0.1, -0.05) is 35.9 Å². The highest BCUT2D eigenvalue weighted by molar-refractivity contribution is 5.37. The summed E-state index contributed by atoms with van der Waals surface area (Å²) >= 11 is 0. The van der Waals surface area contributed by atoms with Crippen molar-refractivity contribution < 1.29 is 9.47 Å². The molecule has 0 aromatic heterocycles. The van der Waals surface area contributed by atoms with E-state index in [0.717, 1.165) is 17.1 Å². The van der Waals surface area contributed by atoms with Crippen LogP contribution in [0.4, 0.5) is 0 Å². The number of hydrogen-bond acceptors (Lipinski definition) is 3. The quantitative estimate of drug-likeness (QED) is 0.905. The maximum Gasteiger partial charge on any atom is 0.142 e. The first-order chi connectivity index (χ1) is 9.61. The van der Waals surface area contributed by atoms with Crippen LogP contribution in [0.3, 0.4) is 0 Å². The van der Waals surface area contributed by atoms with E-state index in [2.05, 4.69) is 0 Å². The van der Waals surface area contributed by atoms with E-state index >= 15 is 0 Å². The van der Waals surface area contributed by atoms with Crippen molar-refractivity contribution in [1.82, 2.24) is 0 Å². The molecule has 20 heavy (non-hydrogen) atoms. The Balaban J connectivity index is 2.29. The molecule has 2 rings (SSSR count). The van der Waals surface area contributed by atoms with Gasteiger partial charge in [-0.3, -0.25) is 0 Å². The summed E-state index contributed by atoms with van der Waals surface area (Å²) in [5.74, 6) is 1.60. The molecule has 106 valence electrons. The van der Waals surface area contributed by atoms with Gasteiger partial charge in [0.15, 0.2) is 0 Å². The zero-order valence-electron chi connectivity index (χ0n) is 12.2. The Morgan fingerprint density at radius 2 is 1.65 bits per heavy atom. The summed E-state index contributed by atoms with van der Waals surface area (Å²) < 4.78 is 11.5. The standard InChI is InChI=1S/C17H21NO2/c1-12-8-10-14(11-9-12)20-17(13(2)18)15-6-4-5-7-16(15)19-3/h4-11,13,17H,18H2,1-3H3. The molecule has 2 N–H and O–H groups in total. The summed E-state index contributed by atoms with van der Waals surface area (Å²) in [5.41, 5.74) is 8.25. The molecular weight excluding hydrogens is 250 g/mol. The highest BCUT2D eigenvalue weighted by Crippen LogP contribution is 2.30. The Morgan fingerprint density at radius 1 is 1.00 bits per heavy atom. The summed E-state index contributed by atoms with van der Waals surface area (Å²) in [7, 11) is 1.66. The maximum atomic E-state index is 6.09. The van der Waals surface area contributed by atoms with Gasteiger partial charge in [-0.05, 0) is 32.0 Å². The van der Waals surface area contributed by atoms with Crippen LogP contribution in [0.1, 0.15) is 24.2 Å². The van der Waals surface area contributed by atoms with Crippen LogP contribution in [0.5, 0.6) is 11.5 Å². The smallest absolute Gasteiger partial charge is 0.142 e. The van der Waals surface area contributed by atoms with Gasteiger partial charge < -0.3 is 15.2 Å². The predicted octanol–water partition coefficient (Wildman–Crippen LogP) is 3.47. The third-order valence-electron chi connectivity index (χ3n) is 3.21. The van der Waals surface area contributed by atoms with Gasteiger partial charge in [0, 0.05) is 11.6 Å². The molecule has 0 fully saturated rings. The summed E-state index contributed by atoms with van der Waals surface area (Å²) in [6.45, 7) is 3.98. The van der Waals surface area contributed by atoms with Gasteiger partial charge in [-0.2, -0.15) is 0 Å². The van der Waals surface area contributed by atoms with Crippen LogP contribution in [0, 0.1) is 6.92 Å². The first-order valence-electron chi connectivity index (χ1n) is 6.73. The molecule has 0 spiro atoms. The molecule has 0 saturated heterocycles. The molecule has 0 aliphatic rings. The van der Waals surface area contributed by atoms with Gasteiger partial charge in [-0.25, -0.2) is 0 Å². The number of aryl methyl sites for hydroxylation is 1. The average Bonchev–Trinajstić information content (AvgIpc) is 2.46. The van der Waals surface area contributed by atoms with Crippen molar-refractivity contribution in [3.8, 4) is 11.5 Å². The normalized spacial score (nSPS) is 13.6. The number of methoxy groups -OCH3 is 1. The molecular formula is C17H21NO2. The average molecular weight is 271 g/mol. The Morgan fingerprint density at radius 3 is 2.25 bits per heavy atom. The van der Waals surface area contributed by atoms with Crippen LogP contribution in [-0.2, 0) is 0 Å². The summed E-state index contributed by atoms with van der Waals surface area (Å²) in [6.07, 6.45) is -0.242.